The van der Waals surface area contributed by atoms with Crippen molar-refractivity contribution in [2.45, 2.75) is 13.3 Å². The van der Waals surface area contributed by atoms with E-state index in [-0.39, 0.29) is 16.8 Å². The summed E-state index contributed by atoms with van der Waals surface area (Å²) in [4.78, 5) is 49.2. The summed E-state index contributed by atoms with van der Waals surface area (Å²) < 4.78 is 6.24. The molecule has 4 amide bonds. The van der Waals surface area contributed by atoms with Gasteiger partial charge >= 0.3 is 12.0 Å². The number of anilines is 1. The number of ether oxygens (including phenoxy) is 1. The highest BCUT2D eigenvalue weighted by Gasteiger charge is 2.36. The van der Waals surface area contributed by atoms with Gasteiger partial charge in [-0.05, 0) is 70.4 Å². The van der Waals surface area contributed by atoms with Crippen molar-refractivity contribution < 1.29 is 29.0 Å². The molecule has 3 rings (SSSR count). The Balaban J connectivity index is 1.92. The number of hydrogen-bond donors (Lipinski definition) is 2. The second-order valence-corrected chi connectivity index (χ2v) is 7.20. The van der Waals surface area contributed by atoms with E-state index in [1.165, 1.54) is 30.3 Å². The normalized spacial score (nSPS) is 15.3. The predicted octanol–water partition coefficient (Wildman–Crippen LogP) is 3.60. The molecule has 1 heterocycles. The molecule has 2 N–H and O–H groups in total. The van der Waals surface area contributed by atoms with E-state index in [2.05, 4.69) is 21.2 Å². The van der Waals surface area contributed by atoms with Crippen LogP contribution in [0.15, 0.2) is 52.5 Å². The van der Waals surface area contributed by atoms with Gasteiger partial charge in [0.1, 0.15) is 11.3 Å². The minimum Gasteiger partial charge on any atom is -0.492 e. The highest BCUT2D eigenvalue weighted by atomic mass is 79.9. The minimum atomic E-state index is -1.14. The number of carboxylic acid groups (broad SMARTS) is 1. The summed E-state index contributed by atoms with van der Waals surface area (Å²) in [5.74, 6) is -2.13. The van der Waals surface area contributed by atoms with Gasteiger partial charge in [0.15, 0.2) is 0 Å². The van der Waals surface area contributed by atoms with E-state index < -0.39 is 23.8 Å². The summed E-state index contributed by atoms with van der Waals surface area (Å²) in [7, 11) is 0. The van der Waals surface area contributed by atoms with Crippen LogP contribution in [0.2, 0.25) is 0 Å². The van der Waals surface area contributed by atoms with E-state index in [0.29, 0.717) is 22.4 Å². The SMILES string of the molecule is CCCOc1ccc(/C=C2\C(=O)NC(=O)N(c3ccc(C(=O)O)cc3)C2=O)cc1Br. The molecule has 154 valence electrons. The first kappa shape index (κ1) is 21.3. The second-order valence-electron chi connectivity index (χ2n) is 6.35. The fourth-order valence-corrected chi connectivity index (χ4v) is 3.26. The highest BCUT2D eigenvalue weighted by molar-refractivity contribution is 9.10. The van der Waals surface area contributed by atoms with Crippen LogP contribution in [0.1, 0.15) is 29.3 Å². The Morgan fingerprint density at radius 2 is 1.87 bits per heavy atom. The molecule has 0 radical (unpaired) electrons. The number of barbiturate groups is 1. The lowest BCUT2D eigenvalue weighted by Crippen LogP contribution is -2.54. The Labute approximate surface area is 180 Å². The summed E-state index contributed by atoms with van der Waals surface area (Å²) in [5, 5.41) is 11.1. The summed E-state index contributed by atoms with van der Waals surface area (Å²) in [6.07, 6.45) is 2.22. The fraction of sp³-hybridized carbons (Fsp3) is 0.143. The first-order valence-corrected chi connectivity index (χ1v) is 9.78. The number of benzene rings is 2. The van der Waals surface area contributed by atoms with E-state index in [1.54, 1.807) is 18.2 Å². The van der Waals surface area contributed by atoms with Crippen molar-refractivity contribution in [3.05, 3.63) is 63.6 Å². The Morgan fingerprint density at radius 1 is 1.17 bits per heavy atom. The summed E-state index contributed by atoms with van der Waals surface area (Å²) in [6, 6.07) is 9.37. The molecule has 8 nitrogen and oxygen atoms in total. The van der Waals surface area contributed by atoms with Crippen molar-refractivity contribution >= 4 is 51.5 Å². The molecule has 30 heavy (non-hydrogen) atoms. The Morgan fingerprint density at radius 3 is 2.47 bits per heavy atom. The highest BCUT2D eigenvalue weighted by Crippen LogP contribution is 2.28. The molecule has 0 spiro atoms. The molecule has 9 heteroatoms. The zero-order valence-corrected chi connectivity index (χ0v) is 17.4. The number of carbonyl (C=O) groups excluding carboxylic acids is 3. The van der Waals surface area contributed by atoms with Crippen molar-refractivity contribution in [3.63, 3.8) is 0 Å². The van der Waals surface area contributed by atoms with Gasteiger partial charge in [0.2, 0.25) is 0 Å². The monoisotopic (exact) mass is 472 g/mol. The van der Waals surface area contributed by atoms with E-state index in [9.17, 15) is 19.2 Å². The van der Waals surface area contributed by atoms with Gasteiger partial charge < -0.3 is 9.84 Å². The molecule has 1 aliphatic rings. The van der Waals surface area contributed by atoms with Crippen LogP contribution in [0.3, 0.4) is 0 Å². The number of amides is 4. The Kier molecular flexibility index (Phi) is 6.31. The maximum absolute atomic E-state index is 12.9. The fourth-order valence-electron chi connectivity index (χ4n) is 2.75. The lowest BCUT2D eigenvalue weighted by atomic mass is 10.1. The predicted molar refractivity (Wildman–Crippen MR) is 112 cm³/mol. The van der Waals surface area contributed by atoms with E-state index in [0.717, 1.165) is 11.3 Å². The van der Waals surface area contributed by atoms with E-state index in [1.807, 2.05) is 6.92 Å². The maximum Gasteiger partial charge on any atom is 0.335 e. The molecule has 0 saturated carbocycles. The van der Waals surface area contributed by atoms with Crippen LogP contribution in [-0.4, -0.2) is 35.5 Å². The number of halogens is 1. The number of rotatable bonds is 6. The topological polar surface area (TPSA) is 113 Å². The zero-order chi connectivity index (χ0) is 21.8. The summed E-state index contributed by atoms with van der Waals surface area (Å²) >= 11 is 3.40. The molecule has 0 aromatic heterocycles. The number of carbonyl (C=O) groups is 4. The molecule has 1 saturated heterocycles. The van der Waals surface area contributed by atoms with Gasteiger partial charge in [-0.1, -0.05) is 13.0 Å². The maximum atomic E-state index is 12.9. The number of nitrogens with zero attached hydrogens (tertiary/aromatic N) is 1. The van der Waals surface area contributed by atoms with E-state index >= 15 is 0 Å². The molecular weight excluding hydrogens is 456 g/mol. The van der Waals surface area contributed by atoms with Gasteiger partial charge in [-0.25, -0.2) is 14.5 Å². The van der Waals surface area contributed by atoms with Gasteiger partial charge in [0.05, 0.1) is 22.3 Å². The van der Waals surface area contributed by atoms with Crippen LogP contribution in [0.4, 0.5) is 10.5 Å². The third-order valence-electron chi connectivity index (χ3n) is 4.20. The van der Waals surface area contributed by atoms with Gasteiger partial charge in [-0.3, -0.25) is 14.9 Å². The second kappa shape index (κ2) is 8.91. The quantitative estimate of drug-likeness (QED) is 0.490. The molecular formula is C21H17BrN2O6. The number of imide groups is 2. The first-order chi connectivity index (χ1) is 14.3. The average molecular weight is 473 g/mol. The lowest BCUT2D eigenvalue weighted by Gasteiger charge is -2.26. The number of hydrogen-bond acceptors (Lipinski definition) is 5. The number of urea groups is 1. The van der Waals surface area contributed by atoms with Crippen molar-refractivity contribution in [2.24, 2.45) is 0 Å². The summed E-state index contributed by atoms with van der Waals surface area (Å²) in [6.45, 7) is 2.54. The molecule has 0 aliphatic carbocycles. The third kappa shape index (κ3) is 4.41. The first-order valence-electron chi connectivity index (χ1n) is 8.99. The van der Waals surface area contributed by atoms with Gasteiger partial charge in [0, 0.05) is 0 Å². The number of aromatic carboxylic acids is 1. The van der Waals surface area contributed by atoms with Crippen molar-refractivity contribution in [2.75, 3.05) is 11.5 Å². The van der Waals surface area contributed by atoms with E-state index in [4.69, 9.17) is 9.84 Å². The van der Waals surface area contributed by atoms with Crippen LogP contribution < -0.4 is 15.0 Å². The molecule has 1 aliphatic heterocycles. The van der Waals surface area contributed by atoms with Gasteiger partial charge in [0.25, 0.3) is 11.8 Å². The molecule has 0 atom stereocenters. The average Bonchev–Trinajstić information content (AvgIpc) is 2.70. The molecule has 2 aromatic carbocycles. The van der Waals surface area contributed by atoms with Crippen molar-refractivity contribution in [1.82, 2.24) is 5.32 Å². The van der Waals surface area contributed by atoms with Crippen LogP contribution in [0, 0.1) is 0 Å². The molecule has 1 fully saturated rings. The molecule has 0 unspecified atom stereocenters. The largest absolute Gasteiger partial charge is 0.492 e. The Bertz CT molecular complexity index is 1060. The van der Waals surface area contributed by atoms with Crippen molar-refractivity contribution in [3.8, 4) is 5.75 Å². The van der Waals surface area contributed by atoms with Crippen LogP contribution in [0.5, 0.6) is 5.75 Å². The summed E-state index contributed by atoms with van der Waals surface area (Å²) in [5.41, 5.74) is 0.474. The zero-order valence-electron chi connectivity index (χ0n) is 15.8. The van der Waals surface area contributed by atoms with Crippen LogP contribution >= 0.6 is 15.9 Å². The number of nitrogens with one attached hydrogen (secondary N) is 1. The molecule has 0 bridgehead atoms. The van der Waals surface area contributed by atoms with Crippen LogP contribution in [0.25, 0.3) is 6.08 Å². The third-order valence-corrected chi connectivity index (χ3v) is 4.82. The Hall–Kier alpha value is -3.46. The lowest BCUT2D eigenvalue weighted by molar-refractivity contribution is -0.122. The smallest absolute Gasteiger partial charge is 0.335 e. The number of carboxylic acids is 1. The van der Waals surface area contributed by atoms with Gasteiger partial charge in [-0.15, -0.1) is 0 Å². The minimum absolute atomic E-state index is 0.00527. The van der Waals surface area contributed by atoms with Crippen molar-refractivity contribution in [1.29, 1.82) is 0 Å². The van der Waals surface area contributed by atoms with Crippen LogP contribution in [-0.2, 0) is 9.59 Å². The molecule has 2 aromatic rings. The van der Waals surface area contributed by atoms with Gasteiger partial charge in [-0.2, -0.15) is 0 Å². The standard InChI is InChI=1S/C21H17BrN2O6/c1-2-9-30-17-8-3-12(11-16(17)22)10-15-18(25)23-21(29)24(19(15)26)14-6-4-13(5-7-14)20(27)28/h3-8,10-11H,2,9H2,1H3,(H,27,28)(H,23,25,29)/b15-10+.